The van der Waals surface area contributed by atoms with Crippen LogP contribution in [0.1, 0.15) is 18.5 Å². The van der Waals surface area contributed by atoms with Gasteiger partial charge in [-0.2, -0.15) is 5.10 Å². The number of hydrogen-bond donors (Lipinski definition) is 6. The minimum Gasteiger partial charge on any atom is -0.388 e. The predicted molar refractivity (Wildman–Crippen MR) is 146 cm³/mol. The first-order valence-corrected chi connectivity index (χ1v) is 18.1. The molecular weight excluding hydrogens is 696 g/mol. The van der Waals surface area contributed by atoms with Gasteiger partial charge in [0.2, 0.25) is 0 Å². The lowest BCUT2D eigenvalue weighted by Gasteiger charge is -2.40. The van der Waals surface area contributed by atoms with Crippen LogP contribution in [-0.4, -0.2) is 76.6 Å². The number of anilines is 1. The number of benzene rings is 1. The van der Waals surface area contributed by atoms with Crippen molar-refractivity contribution in [1.29, 1.82) is 0 Å². The maximum Gasteiger partial charge on any atom is 0.340 e. The van der Waals surface area contributed by atoms with Crippen LogP contribution >= 0.6 is 37.0 Å². The number of hydrogen-bond acceptors (Lipinski definition) is 9. The monoisotopic (exact) mass is 720 g/mol. The van der Waals surface area contributed by atoms with Crippen LogP contribution in [0.5, 0.6) is 0 Å². The van der Waals surface area contributed by atoms with E-state index in [1.807, 2.05) is 0 Å². The molecule has 0 radical (unpaired) electrons. The van der Waals surface area contributed by atoms with Gasteiger partial charge in [-0.3, -0.25) is 9.13 Å². The average molecular weight is 721 g/mol. The van der Waals surface area contributed by atoms with E-state index in [1.165, 1.54) is 23.9 Å². The second-order valence-electron chi connectivity index (χ2n) is 10.0. The minimum absolute atomic E-state index is 0.0652. The molecule has 1 unspecified atom stereocenters. The third kappa shape index (κ3) is 8.24. The van der Waals surface area contributed by atoms with E-state index >= 15 is 0 Å². The van der Waals surface area contributed by atoms with Crippen LogP contribution in [0, 0.1) is 5.82 Å². The summed E-state index contributed by atoms with van der Waals surface area (Å²) in [6, 6.07) is 0.601. The lowest BCUT2D eigenvalue weighted by molar-refractivity contribution is -0.0234. The summed E-state index contributed by atoms with van der Waals surface area (Å²) in [5, 5.41) is 27.8. The minimum atomic E-state index is -10.1. The van der Waals surface area contributed by atoms with Gasteiger partial charge < -0.3 is 39.5 Å². The molecule has 1 fully saturated rings. The van der Waals surface area contributed by atoms with Gasteiger partial charge in [0.25, 0.3) is 0 Å². The number of nitrogens with one attached hydrogen (secondary N) is 1. The van der Waals surface area contributed by atoms with E-state index in [9.17, 15) is 48.1 Å². The zero-order valence-corrected chi connectivity index (χ0v) is 25.4. The molecule has 4 rings (SSSR count). The number of nitrogens with zero attached hydrogens (tertiary/aromatic N) is 3. The fraction of sp³-hybridized carbons (Fsp3) is 0.429. The van der Waals surface area contributed by atoms with Gasteiger partial charge in [0.15, 0.2) is 11.6 Å². The standard InChI is InChI=1S/C21H25ClF6N4O9P2S/c1-10(12-3-2-11(4-14(12)23)44(24,25,26,27)28)30-15-5-18(22)31-21-13(15)6-29-32(21)7-16-19(33)20(34)17(41-16)8-40-43(38,39)9-42(35,36)37/h2-6,10,16-17,19-20,33-34H,7-9H2,1H3,(H,30,31)(H,38,39)(H2,35,36,37)/t10-,16-,17+,19-,20+/m0/s1. The van der Waals surface area contributed by atoms with E-state index in [0.717, 1.165) is 0 Å². The lowest BCUT2D eigenvalue weighted by Crippen LogP contribution is -2.35. The maximum atomic E-state index is 14.6. The number of halogens is 7. The van der Waals surface area contributed by atoms with Gasteiger partial charge >= 0.3 is 25.4 Å². The Balaban J connectivity index is 1.51. The molecule has 23 heteroatoms. The molecule has 0 aliphatic carbocycles. The number of ether oxygens (including phenoxy) is 1. The van der Waals surface area contributed by atoms with Crippen LogP contribution in [0.15, 0.2) is 35.4 Å². The van der Waals surface area contributed by atoms with E-state index in [0.29, 0.717) is 6.07 Å². The Kier molecular flexibility index (Phi) is 8.79. The Morgan fingerprint density at radius 3 is 2.34 bits per heavy atom. The Morgan fingerprint density at radius 1 is 1.11 bits per heavy atom. The summed E-state index contributed by atoms with van der Waals surface area (Å²) in [5.74, 6) is -3.01. The number of fused-ring (bicyclic) bond motifs is 1. The molecule has 0 spiro atoms. The Hall–Kier alpha value is -1.96. The first-order chi connectivity index (χ1) is 19.8. The summed E-state index contributed by atoms with van der Waals surface area (Å²) in [5.41, 5.74) is -0.143. The van der Waals surface area contributed by atoms with Crippen molar-refractivity contribution in [1.82, 2.24) is 14.8 Å². The third-order valence-electron chi connectivity index (χ3n) is 6.45. The molecule has 3 heterocycles. The first kappa shape index (κ1) is 34.9. The summed E-state index contributed by atoms with van der Waals surface area (Å²) in [6.07, 6.45) is -4.56. The van der Waals surface area contributed by atoms with E-state index in [-0.39, 0.29) is 46.1 Å². The zero-order valence-electron chi connectivity index (χ0n) is 22.1. The summed E-state index contributed by atoms with van der Waals surface area (Å²) < 4.78 is 114. The average Bonchev–Trinajstić information content (AvgIpc) is 3.35. The van der Waals surface area contributed by atoms with Crippen LogP contribution in [0.2, 0.25) is 5.15 Å². The molecular formula is C21H25ClF6N4O9P2S. The number of aliphatic hydroxyl groups is 2. The van der Waals surface area contributed by atoms with Gasteiger partial charge in [-0.1, -0.05) is 37.1 Å². The molecule has 1 aliphatic heterocycles. The normalized spacial score (nSPS) is 24.9. The molecule has 248 valence electrons. The molecule has 6 N–H and O–H groups in total. The van der Waals surface area contributed by atoms with Crippen molar-refractivity contribution < 1.29 is 67.1 Å². The van der Waals surface area contributed by atoms with Gasteiger partial charge in [-0.25, -0.2) is 14.1 Å². The number of pyridine rings is 1. The van der Waals surface area contributed by atoms with Gasteiger partial charge in [-0.05, 0) is 25.1 Å². The highest BCUT2D eigenvalue weighted by atomic mass is 35.5. The SMILES string of the molecule is C[C@H](Nc1cc(Cl)nc2c1cnn2C[C@@H]1O[C@H](COP(=O)(O)CP(=O)(O)O)[C@@H](O)[C@H]1O)c1ccc(S(F)(F)(F)(F)F)cc1F. The highest BCUT2D eigenvalue weighted by molar-refractivity contribution is 8.45. The molecule has 1 aliphatic rings. The second-order valence-corrected chi connectivity index (χ2v) is 16.8. The van der Waals surface area contributed by atoms with Gasteiger partial charge in [0.05, 0.1) is 36.5 Å². The summed E-state index contributed by atoms with van der Waals surface area (Å²) >= 11 is 6.12. The quantitative estimate of drug-likeness (QED) is 0.0894. The summed E-state index contributed by atoms with van der Waals surface area (Å²) in [7, 11) is -19.8. The Labute approximate surface area is 249 Å². The van der Waals surface area contributed by atoms with Gasteiger partial charge in [0.1, 0.15) is 40.3 Å². The highest BCUT2D eigenvalue weighted by Gasteiger charge is 2.65. The second kappa shape index (κ2) is 11.1. The van der Waals surface area contributed by atoms with Crippen molar-refractivity contribution in [2.24, 2.45) is 0 Å². The lowest BCUT2D eigenvalue weighted by atomic mass is 10.1. The number of rotatable bonds is 11. The van der Waals surface area contributed by atoms with Crippen molar-refractivity contribution in [3.05, 3.63) is 47.0 Å². The zero-order chi connectivity index (χ0) is 33.1. The topological polar surface area (TPSA) is 196 Å². The third-order valence-corrected chi connectivity index (χ3v) is 11.2. The fourth-order valence-corrected chi connectivity index (χ4v) is 7.84. The highest BCUT2D eigenvalue weighted by Crippen LogP contribution is 3.02. The number of aliphatic hydroxyl groups excluding tert-OH is 2. The van der Waals surface area contributed by atoms with Crippen molar-refractivity contribution in [2.75, 3.05) is 17.8 Å². The molecule has 0 bridgehead atoms. The molecule has 0 amide bonds. The van der Waals surface area contributed by atoms with Crippen LogP contribution in [0.3, 0.4) is 0 Å². The molecule has 13 nitrogen and oxygen atoms in total. The van der Waals surface area contributed by atoms with Crippen molar-refractivity contribution in [2.45, 2.75) is 48.8 Å². The Morgan fingerprint density at radius 2 is 1.75 bits per heavy atom. The molecule has 3 aromatic rings. The molecule has 0 saturated carbocycles. The van der Waals surface area contributed by atoms with Gasteiger partial charge in [-0.15, -0.1) is 0 Å². The van der Waals surface area contributed by atoms with Crippen LogP contribution in [0.25, 0.3) is 11.0 Å². The molecule has 2 aromatic heterocycles. The molecule has 44 heavy (non-hydrogen) atoms. The van der Waals surface area contributed by atoms with Crippen LogP contribution in [0.4, 0.5) is 29.5 Å². The first-order valence-electron chi connectivity index (χ1n) is 12.2. The van der Waals surface area contributed by atoms with Gasteiger partial charge in [0, 0.05) is 5.56 Å². The van der Waals surface area contributed by atoms with Crippen molar-refractivity contribution in [3.8, 4) is 0 Å². The molecule has 1 aromatic carbocycles. The summed E-state index contributed by atoms with van der Waals surface area (Å²) in [4.78, 5) is 29.2. The number of aromatic nitrogens is 3. The van der Waals surface area contributed by atoms with E-state index in [2.05, 4.69) is 19.9 Å². The summed E-state index contributed by atoms with van der Waals surface area (Å²) in [6.45, 7) is 0.252. The molecule has 1 saturated heterocycles. The van der Waals surface area contributed by atoms with E-state index < -0.39 is 79.1 Å². The van der Waals surface area contributed by atoms with Crippen molar-refractivity contribution in [3.63, 3.8) is 0 Å². The smallest absolute Gasteiger partial charge is 0.340 e. The van der Waals surface area contributed by atoms with Crippen LogP contribution in [-0.2, 0) is 24.9 Å². The Bertz CT molecular complexity index is 1680. The van der Waals surface area contributed by atoms with E-state index in [4.69, 9.17) is 26.1 Å². The van der Waals surface area contributed by atoms with E-state index in [1.54, 1.807) is 0 Å². The molecule has 6 atom stereocenters. The van der Waals surface area contributed by atoms with Crippen molar-refractivity contribution >= 4 is 53.7 Å². The largest absolute Gasteiger partial charge is 0.388 e. The fourth-order valence-electron chi connectivity index (χ4n) is 4.43. The maximum absolute atomic E-state index is 14.6. The predicted octanol–water partition coefficient (Wildman–Crippen LogP) is 4.88. The van der Waals surface area contributed by atoms with Crippen LogP contribution < -0.4 is 5.32 Å².